The van der Waals surface area contributed by atoms with Crippen LogP contribution < -0.4 is 5.32 Å². The summed E-state index contributed by atoms with van der Waals surface area (Å²) in [6, 6.07) is 3.24. The van der Waals surface area contributed by atoms with Gasteiger partial charge in [-0.2, -0.15) is 11.8 Å². The fourth-order valence-electron chi connectivity index (χ4n) is 1.26. The van der Waals surface area contributed by atoms with E-state index in [1.165, 1.54) is 6.07 Å². The van der Waals surface area contributed by atoms with E-state index in [0.717, 1.165) is 18.0 Å². The van der Waals surface area contributed by atoms with Crippen molar-refractivity contribution >= 4 is 23.4 Å². The Bertz CT molecular complexity index is 340. The first kappa shape index (κ1) is 12.8. The van der Waals surface area contributed by atoms with Crippen LogP contribution in [-0.4, -0.2) is 34.6 Å². The molecule has 0 bridgehead atoms. The number of thioether (sulfide) groups is 1. The van der Waals surface area contributed by atoms with Gasteiger partial charge in [0.1, 0.15) is 5.69 Å². The first-order chi connectivity index (χ1) is 7.63. The molecule has 5 heteroatoms. The maximum atomic E-state index is 10.6. The van der Waals surface area contributed by atoms with Crippen LogP contribution in [0, 0.1) is 5.92 Å². The molecule has 88 valence electrons. The molecule has 16 heavy (non-hydrogen) atoms. The van der Waals surface area contributed by atoms with Crippen molar-refractivity contribution in [1.82, 2.24) is 4.98 Å². The van der Waals surface area contributed by atoms with Crippen LogP contribution in [0.25, 0.3) is 0 Å². The minimum atomic E-state index is -0.998. The molecule has 0 aliphatic heterocycles. The van der Waals surface area contributed by atoms with Crippen LogP contribution in [0.15, 0.2) is 18.3 Å². The quantitative estimate of drug-likeness (QED) is 0.798. The molecular formula is C11H16N2O2S. The second-order valence-corrected chi connectivity index (χ2v) is 4.59. The van der Waals surface area contributed by atoms with E-state index >= 15 is 0 Å². The highest BCUT2D eigenvalue weighted by Gasteiger charge is 2.04. The van der Waals surface area contributed by atoms with Crippen LogP contribution in [0.4, 0.5) is 5.69 Å². The Balaban J connectivity index is 2.46. The average Bonchev–Trinajstić information content (AvgIpc) is 2.27. The fourth-order valence-corrected chi connectivity index (χ4v) is 1.95. The number of nitrogens with one attached hydrogen (secondary N) is 1. The molecule has 1 aromatic heterocycles. The average molecular weight is 240 g/mol. The maximum absolute atomic E-state index is 10.6. The lowest BCUT2D eigenvalue weighted by Crippen LogP contribution is -2.13. The minimum absolute atomic E-state index is 0.0720. The zero-order valence-electron chi connectivity index (χ0n) is 9.43. The highest BCUT2D eigenvalue weighted by Crippen LogP contribution is 2.09. The molecule has 4 nitrogen and oxygen atoms in total. The minimum Gasteiger partial charge on any atom is -0.477 e. The number of pyridine rings is 1. The van der Waals surface area contributed by atoms with Gasteiger partial charge >= 0.3 is 5.97 Å². The van der Waals surface area contributed by atoms with Gasteiger partial charge in [0.2, 0.25) is 0 Å². The van der Waals surface area contributed by atoms with E-state index in [1.807, 2.05) is 11.8 Å². The van der Waals surface area contributed by atoms with Crippen molar-refractivity contribution < 1.29 is 9.90 Å². The predicted molar refractivity (Wildman–Crippen MR) is 67.2 cm³/mol. The Kier molecular flexibility index (Phi) is 5.11. The van der Waals surface area contributed by atoms with Crippen molar-refractivity contribution in [2.45, 2.75) is 6.92 Å². The number of hydrogen-bond acceptors (Lipinski definition) is 4. The molecule has 1 atom stereocenters. The Morgan fingerprint density at radius 1 is 1.62 bits per heavy atom. The monoisotopic (exact) mass is 240 g/mol. The highest BCUT2D eigenvalue weighted by molar-refractivity contribution is 7.98. The summed E-state index contributed by atoms with van der Waals surface area (Å²) in [7, 11) is 0. The summed E-state index contributed by atoms with van der Waals surface area (Å²) < 4.78 is 0. The van der Waals surface area contributed by atoms with E-state index in [2.05, 4.69) is 23.5 Å². The molecule has 2 N–H and O–H groups in total. The van der Waals surface area contributed by atoms with Crippen molar-refractivity contribution in [3.63, 3.8) is 0 Å². The van der Waals surface area contributed by atoms with E-state index in [0.29, 0.717) is 5.92 Å². The fraction of sp³-hybridized carbons (Fsp3) is 0.455. The first-order valence-corrected chi connectivity index (χ1v) is 6.45. The van der Waals surface area contributed by atoms with Gasteiger partial charge in [-0.25, -0.2) is 9.78 Å². The molecule has 1 unspecified atom stereocenters. The lowest BCUT2D eigenvalue weighted by molar-refractivity contribution is 0.0690. The number of rotatable bonds is 6. The zero-order valence-corrected chi connectivity index (χ0v) is 10.3. The topological polar surface area (TPSA) is 62.2 Å². The lowest BCUT2D eigenvalue weighted by Gasteiger charge is -2.11. The Morgan fingerprint density at radius 2 is 2.38 bits per heavy atom. The summed E-state index contributed by atoms with van der Waals surface area (Å²) in [5.74, 6) is 0.685. The van der Waals surface area contributed by atoms with Gasteiger partial charge in [-0.3, -0.25) is 0 Å². The van der Waals surface area contributed by atoms with Crippen LogP contribution in [0.1, 0.15) is 17.4 Å². The van der Waals surface area contributed by atoms with E-state index in [4.69, 9.17) is 5.11 Å². The van der Waals surface area contributed by atoms with Gasteiger partial charge in [0.25, 0.3) is 0 Å². The predicted octanol–water partition coefficient (Wildman–Crippen LogP) is 2.19. The molecule has 0 spiro atoms. The van der Waals surface area contributed by atoms with Crippen molar-refractivity contribution in [2.24, 2.45) is 5.92 Å². The third kappa shape index (κ3) is 4.10. The van der Waals surface area contributed by atoms with E-state index in [9.17, 15) is 4.79 Å². The van der Waals surface area contributed by atoms with Gasteiger partial charge < -0.3 is 10.4 Å². The number of aromatic carboxylic acids is 1. The van der Waals surface area contributed by atoms with Gasteiger partial charge in [-0.15, -0.1) is 0 Å². The third-order valence-electron chi connectivity index (χ3n) is 2.09. The number of carboxylic acids is 1. The number of anilines is 1. The summed E-state index contributed by atoms with van der Waals surface area (Å²) in [4.78, 5) is 14.4. The van der Waals surface area contributed by atoms with E-state index in [-0.39, 0.29) is 5.69 Å². The molecule has 0 aromatic carbocycles. The van der Waals surface area contributed by atoms with Gasteiger partial charge in [0.05, 0.1) is 11.9 Å². The summed E-state index contributed by atoms with van der Waals surface area (Å²) in [5.41, 5.74) is 0.931. The van der Waals surface area contributed by atoms with Gasteiger partial charge in [-0.05, 0) is 30.1 Å². The summed E-state index contributed by atoms with van der Waals surface area (Å²) in [5, 5.41) is 11.9. The molecule has 1 rings (SSSR count). The number of carboxylic acid groups (broad SMARTS) is 1. The first-order valence-electron chi connectivity index (χ1n) is 5.05. The Labute approximate surface area is 99.5 Å². The summed E-state index contributed by atoms with van der Waals surface area (Å²) >= 11 is 1.82. The largest absolute Gasteiger partial charge is 0.477 e. The molecule has 1 heterocycles. The second-order valence-electron chi connectivity index (χ2n) is 3.68. The normalized spacial score (nSPS) is 12.1. The van der Waals surface area contributed by atoms with Crippen LogP contribution in [0.3, 0.4) is 0 Å². The second kappa shape index (κ2) is 6.37. The van der Waals surface area contributed by atoms with Gasteiger partial charge in [-0.1, -0.05) is 6.92 Å². The highest BCUT2D eigenvalue weighted by atomic mass is 32.2. The van der Waals surface area contributed by atoms with Gasteiger partial charge in [0, 0.05) is 6.54 Å². The standard InChI is InChI=1S/C11H16N2O2S/c1-8(7-16-2)5-12-9-3-4-10(11(14)15)13-6-9/h3-4,6,8,12H,5,7H2,1-2H3,(H,14,15). The molecule has 0 amide bonds. The van der Waals surface area contributed by atoms with Crippen LogP contribution in [0.2, 0.25) is 0 Å². The van der Waals surface area contributed by atoms with Crippen LogP contribution in [0.5, 0.6) is 0 Å². The lowest BCUT2D eigenvalue weighted by atomic mass is 10.2. The van der Waals surface area contributed by atoms with Crippen molar-refractivity contribution in [2.75, 3.05) is 23.9 Å². The number of nitrogens with zero attached hydrogens (tertiary/aromatic N) is 1. The van der Waals surface area contributed by atoms with Crippen molar-refractivity contribution in [3.8, 4) is 0 Å². The Hall–Kier alpha value is -1.23. The maximum Gasteiger partial charge on any atom is 0.354 e. The molecule has 0 saturated carbocycles. The molecule has 0 fully saturated rings. The van der Waals surface area contributed by atoms with E-state index in [1.54, 1.807) is 12.3 Å². The molecule has 0 radical (unpaired) electrons. The molecule has 1 aromatic rings. The van der Waals surface area contributed by atoms with E-state index < -0.39 is 5.97 Å². The van der Waals surface area contributed by atoms with Crippen molar-refractivity contribution in [3.05, 3.63) is 24.0 Å². The van der Waals surface area contributed by atoms with Crippen LogP contribution in [-0.2, 0) is 0 Å². The Morgan fingerprint density at radius 3 is 2.88 bits per heavy atom. The molecular weight excluding hydrogens is 224 g/mol. The van der Waals surface area contributed by atoms with Gasteiger partial charge in [0.15, 0.2) is 0 Å². The molecule has 0 aliphatic carbocycles. The number of aromatic nitrogens is 1. The smallest absolute Gasteiger partial charge is 0.354 e. The molecule has 0 saturated heterocycles. The van der Waals surface area contributed by atoms with Crippen LogP contribution >= 0.6 is 11.8 Å². The zero-order chi connectivity index (χ0) is 12.0. The van der Waals surface area contributed by atoms with Crippen molar-refractivity contribution in [1.29, 1.82) is 0 Å². The summed E-state index contributed by atoms with van der Waals surface area (Å²) in [6.07, 6.45) is 3.63. The SMILES string of the molecule is CSCC(C)CNc1ccc(C(=O)O)nc1. The number of carbonyl (C=O) groups is 1. The molecule has 0 aliphatic rings. The third-order valence-corrected chi connectivity index (χ3v) is 2.99. The summed E-state index contributed by atoms with van der Waals surface area (Å²) in [6.45, 7) is 3.04. The number of hydrogen-bond donors (Lipinski definition) is 2.